The minimum Gasteiger partial charge on any atom is -0.478 e. The van der Waals surface area contributed by atoms with Crippen molar-refractivity contribution >= 4 is 76.0 Å². The first-order valence-electron chi connectivity index (χ1n) is 21.2. The molecule has 13 nitrogen and oxygen atoms in total. The topological polar surface area (TPSA) is 218 Å². The number of nitrogens with one attached hydrogen (secondary N) is 3. The van der Waals surface area contributed by atoms with Gasteiger partial charge < -0.3 is 32.5 Å². The minimum atomic E-state index is -1.16. The van der Waals surface area contributed by atoms with Crippen LogP contribution in [0.25, 0.3) is 0 Å². The highest BCUT2D eigenvalue weighted by molar-refractivity contribution is 8.00. The Morgan fingerprint density at radius 3 is 1.68 bits per heavy atom. The standard InChI is InChI=1S/C42H63N7O6S2/c43-36-23-28-25-56-34(39(28)48-36)17-11-9-15-31(50)13-5-1-3-7-19-37(52)45-29-21-27(41(54)55)22-30(24-29)46-38(53)20-8-4-2-6-14-32(51)16-10-12-18-35-40-33(26-57-35)47-42(44)49-40/h21-22,24,28,33-35,39-40H,1-20,23,25-26H2,(H2,43,48)(H,45,52)(H,46,53)(H,54,55)(H3,44,47,49)/t28-,33-,34-,35-,39-,40-/m0/s1. The number of nitrogens with zero attached hydrogens (tertiary/aromatic N) is 2. The van der Waals surface area contributed by atoms with Gasteiger partial charge in [-0.05, 0) is 81.2 Å². The fourth-order valence-corrected chi connectivity index (χ4v) is 11.5. The number of nitrogens with two attached hydrogens (primary N) is 2. The van der Waals surface area contributed by atoms with Gasteiger partial charge in [-0.1, -0.05) is 38.5 Å². The number of unbranched alkanes of at least 4 members (excludes halogenated alkanes) is 8. The maximum Gasteiger partial charge on any atom is 0.335 e. The monoisotopic (exact) mass is 825 g/mol. The van der Waals surface area contributed by atoms with Gasteiger partial charge in [0.2, 0.25) is 11.8 Å². The van der Waals surface area contributed by atoms with Crippen LogP contribution in [0, 0.1) is 5.92 Å². The molecule has 0 saturated carbocycles. The number of hydrogen-bond donors (Lipinski definition) is 6. The summed E-state index contributed by atoms with van der Waals surface area (Å²) in [7, 11) is 0. The number of hydrogen-bond acceptors (Lipinski definition) is 12. The molecule has 2 saturated heterocycles. The van der Waals surface area contributed by atoms with E-state index in [1.165, 1.54) is 12.1 Å². The summed E-state index contributed by atoms with van der Waals surface area (Å²) in [5, 5.41) is 19.4. The molecule has 4 aliphatic heterocycles. The van der Waals surface area contributed by atoms with Crippen LogP contribution in [-0.2, 0) is 19.2 Å². The zero-order valence-electron chi connectivity index (χ0n) is 33.3. The summed E-state index contributed by atoms with van der Waals surface area (Å²) in [4.78, 5) is 71.0. The molecule has 8 N–H and O–H groups in total. The molecule has 0 aliphatic carbocycles. The fraction of sp³-hybridized carbons (Fsp3) is 0.690. The molecule has 2 amide bonds. The lowest BCUT2D eigenvalue weighted by molar-refractivity contribution is -0.120. The molecule has 0 aromatic heterocycles. The van der Waals surface area contributed by atoms with E-state index in [2.05, 4.69) is 25.9 Å². The Kier molecular flexibility index (Phi) is 18.1. The van der Waals surface area contributed by atoms with E-state index in [0.29, 0.717) is 95.9 Å². The molecular weight excluding hydrogens is 763 g/mol. The number of carbonyl (C=O) groups is 5. The van der Waals surface area contributed by atoms with Crippen molar-refractivity contribution < 1.29 is 29.1 Å². The number of carbonyl (C=O) groups excluding carboxylic acids is 4. The lowest BCUT2D eigenvalue weighted by atomic mass is 9.96. The Bertz CT molecular complexity index is 1520. The third kappa shape index (κ3) is 14.9. The van der Waals surface area contributed by atoms with Crippen molar-refractivity contribution in [2.45, 2.75) is 163 Å². The van der Waals surface area contributed by atoms with Gasteiger partial charge >= 0.3 is 5.97 Å². The number of aliphatic imine (C=N–C) groups is 2. The van der Waals surface area contributed by atoms with Gasteiger partial charge in [-0.2, -0.15) is 23.5 Å². The summed E-state index contributed by atoms with van der Waals surface area (Å²) in [6, 6.07) is 5.33. The van der Waals surface area contributed by atoms with E-state index >= 15 is 0 Å². The predicted molar refractivity (Wildman–Crippen MR) is 231 cm³/mol. The Morgan fingerprint density at radius 2 is 1.14 bits per heavy atom. The van der Waals surface area contributed by atoms with E-state index < -0.39 is 5.97 Å². The molecule has 5 rings (SSSR count). The molecule has 0 spiro atoms. The van der Waals surface area contributed by atoms with E-state index in [9.17, 15) is 29.1 Å². The number of amides is 2. The second-order valence-corrected chi connectivity index (χ2v) is 18.7. The van der Waals surface area contributed by atoms with E-state index in [0.717, 1.165) is 101 Å². The highest BCUT2D eigenvalue weighted by atomic mass is 32.2. The highest BCUT2D eigenvalue weighted by Crippen LogP contribution is 2.41. The molecule has 4 heterocycles. The van der Waals surface area contributed by atoms with Gasteiger partial charge in [0.15, 0.2) is 5.96 Å². The van der Waals surface area contributed by atoms with Crippen molar-refractivity contribution in [3.63, 3.8) is 0 Å². The van der Waals surface area contributed by atoms with Crippen LogP contribution in [0.3, 0.4) is 0 Å². The molecule has 1 aromatic carbocycles. The Labute approximate surface area is 346 Å². The Hall–Kier alpha value is -3.59. The smallest absolute Gasteiger partial charge is 0.335 e. The van der Waals surface area contributed by atoms with Crippen LogP contribution in [0.4, 0.5) is 11.4 Å². The van der Waals surface area contributed by atoms with Crippen molar-refractivity contribution in [2.75, 3.05) is 22.1 Å². The van der Waals surface area contributed by atoms with Crippen LogP contribution in [0.15, 0.2) is 28.2 Å². The molecular formula is C42H63N7O6S2. The molecule has 0 radical (unpaired) electrons. The molecule has 15 heteroatoms. The molecule has 6 atom stereocenters. The number of anilines is 2. The fourth-order valence-electron chi connectivity index (χ4n) is 8.36. The van der Waals surface area contributed by atoms with Gasteiger partial charge in [-0.3, -0.25) is 24.2 Å². The Balaban J connectivity index is 0.867. The van der Waals surface area contributed by atoms with Crippen LogP contribution in [0.1, 0.15) is 145 Å². The van der Waals surface area contributed by atoms with Gasteiger partial charge in [0, 0.05) is 72.6 Å². The average Bonchev–Trinajstić information content (AvgIpc) is 3.93. The number of carboxylic acids is 1. The first kappa shape index (κ1) is 44.5. The normalized spacial score (nSPS) is 23.3. The van der Waals surface area contributed by atoms with Crippen molar-refractivity contribution in [3.8, 4) is 0 Å². The van der Waals surface area contributed by atoms with Crippen LogP contribution in [0.5, 0.6) is 0 Å². The first-order valence-corrected chi connectivity index (χ1v) is 23.3. The predicted octanol–water partition coefficient (Wildman–Crippen LogP) is 6.83. The summed E-state index contributed by atoms with van der Waals surface area (Å²) < 4.78 is 0. The van der Waals surface area contributed by atoms with Crippen LogP contribution >= 0.6 is 23.5 Å². The summed E-state index contributed by atoms with van der Waals surface area (Å²) >= 11 is 3.95. The quantitative estimate of drug-likeness (QED) is 0.0505. The lowest BCUT2D eigenvalue weighted by Crippen LogP contribution is -2.38. The number of thioether (sulfide) groups is 2. The number of amidine groups is 1. The zero-order valence-corrected chi connectivity index (χ0v) is 34.9. The third-order valence-electron chi connectivity index (χ3n) is 11.4. The third-order valence-corrected chi connectivity index (χ3v) is 14.5. The van der Waals surface area contributed by atoms with E-state index in [1.807, 2.05) is 23.5 Å². The van der Waals surface area contributed by atoms with Crippen LogP contribution in [-0.4, -0.2) is 86.4 Å². The average molecular weight is 826 g/mol. The second kappa shape index (κ2) is 23.1. The minimum absolute atomic E-state index is 0.0341. The number of carboxylic acid groups (broad SMARTS) is 1. The van der Waals surface area contributed by atoms with Gasteiger partial charge in [-0.25, -0.2) is 9.79 Å². The molecule has 2 fully saturated rings. The summed E-state index contributed by atoms with van der Waals surface area (Å²) in [5.74, 6) is 3.10. The summed E-state index contributed by atoms with van der Waals surface area (Å²) in [6.07, 6.45) is 16.2. The molecule has 1 aromatic rings. The SMILES string of the molecule is NC1=N[C@H]2[C@H](CS[C@H]2CCCCC(=O)CCCCCCC(=O)Nc2cc(NC(=O)CCCCCCC(=O)CCCC[C@@H]3SC[C@@H]4NC(N)=N[C@@H]43)cc(C(=O)O)c2)C1. The van der Waals surface area contributed by atoms with Crippen molar-refractivity contribution in [1.82, 2.24) is 5.32 Å². The number of Topliss-reactive ketones (excluding diaryl/α,β-unsaturated/α-hetero) is 2. The molecule has 0 bridgehead atoms. The number of rotatable bonds is 27. The van der Waals surface area contributed by atoms with Crippen LogP contribution < -0.4 is 27.4 Å². The highest BCUT2D eigenvalue weighted by Gasteiger charge is 2.41. The number of fused-ring (bicyclic) bond motifs is 2. The first-order chi connectivity index (χ1) is 27.5. The lowest BCUT2D eigenvalue weighted by Gasteiger charge is -2.14. The van der Waals surface area contributed by atoms with Gasteiger partial charge in [0.05, 0.1) is 29.5 Å². The number of guanidine groups is 1. The summed E-state index contributed by atoms with van der Waals surface area (Å²) in [5.41, 5.74) is 12.3. The molecule has 314 valence electrons. The van der Waals surface area contributed by atoms with E-state index in [-0.39, 0.29) is 36.3 Å². The van der Waals surface area contributed by atoms with Gasteiger partial charge in [-0.15, -0.1) is 0 Å². The summed E-state index contributed by atoms with van der Waals surface area (Å²) in [6.45, 7) is 0. The maximum atomic E-state index is 12.7. The van der Waals surface area contributed by atoms with Crippen molar-refractivity contribution in [2.24, 2.45) is 27.4 Å². The van der Waals surface area contributed by atoms with E-state index in [4.69, 9.17) is 11.5 Å². The number of ketones is 2. The second-order valence-electron chi connectivity index (χ2n) is 16.2. The number of benzene rings is 1. The molecule has 57 heavy (non-hydrogen) atoms. The molecule has 0 unspecified atom stereocenters. The number of aromatic carboxylic acids is 1. The zero-order chi connectivity index (χ0) is 40.6. The van der Waals surface area contributed by atoms with E-state index in [1.54, 1.807) is 6.07 Å². The van der Waals surface area contributed by atoms with Gasteiger partial charge in [0.25, 0.3) is 0 Å². The Morgan fingerprint density at radius 1 is 0.649 bits per heavy atom. The van der Waals surface area contributed by atoms with Crippen molar-refractivity contribution in [3.05, 3.63) is 23.8 Å². The van der Waals surface area contributed by atoms with Gasteiger partial charge in [0.1, 0.15) is 11.6 Å². The van der Waals surface area contributed by atoms with Crippen molar-refractivity contribution in [1.29, 1.82) is 0 Å². The van der Waals surface area contributed by atoms with Crippen LogP contribution in [0.2, 0.25) is 0 Å². The molecule has 4 aliphatic rings. The largest absolute Gasteiger partial charge is 0.478 e. The maximum absolute atomic E-state index is 12.7.